The van der Waals surface area contributed by atoms with Crippen molar-refractivity contribution >= 4 is 11.5 Å². The number of nitrogens with zero attached hydrogens (tertiary/aromatic N) is 2. The minimum absolute atomic E-state index is 0.0498. The lowest BCUT2D eigenvalue weighted by atomic mass is 9.91. The summed E-state index contributed by atoms with van der Waals surface area (Å²) in [6.07, 6.45) is 5.91. The van der Waals surface area contributed by atoms with Gasteiger partial charge in [0.1, 0.15) is 0 Å². The average Bonchev–Trinajstić information content (AvgIpc) is 3.10. The van der Waals surface area contributed by atoms with Crippen molar-refractivity contribution in [2.45, 2.75) is 50.6 Å². The Bertz CT molecular complexity index is 593. The Morgan fingerprint density at radius 3 is 2.75 bits per heavy atom. The van der Waals surface area contributed by atoms with Crippen LogP contribution in [-0.2, 0) is 11.2 Å². The van der Waals surface area contributed by atoms with E-state index >= 15 is 0 Å². The van der Waals surface area contributed by atoms with E-state index in [0.29, 0.717) is 0 Å². The topological polar surface area (TPSA) is 75.5 Å². The molecule has 1 aromatic carbocycles. The van der Waals surface area contributed by atoms with Crippen LogP contribution in [-0.4, -0.2) is 47.3 Å². The third-order valence-corrected chi connectivity index (χ3v) is 5.09. The first-order valence-corrected chi connectivity index (χ1v) is 8.88. The van der Waals surface area contributed by atoms with Gasteiger partial charge in [0, 0.05) is 24.6 Å². The summed E-state index contributed by atoms with van der Waals surface area (Å²) in [6.45, 7) is 2.92. The Labute approximate surface area is 142 Å². The second kappa shape index (κ2) is 7.85. The predicted molar refractivity (Wildman–Crippen MR) is 92.0 cm³/mol. The van der Waals surface area contributed by atoms with Crippen molar-refractivity contribution in [3.63, 3.8) is 0 Å². The molecule has 2 heterocycles. The van der Waals surface area contributed by atoms with Crippen molar-refractivity contribution in [3.8, 4) is 0 Å². The van der Waals surface area contributed by atoms with Crippen LogP contribution >= 0.6 is 0 Å². The van der Waals surface area contributed by atoms with Gasteiger partial charge in [-0.3, -0.25) is 19.8 Å². The number of ketones is 1. The molecular formula is C18H25N3O3. The molecule has 2 saturated heterocycles. The number of nitrogens with one attached hydrogen (secondary N) is 1. The zero-order valence-corrected chi connectivity index (χ0v) is 13.9. The quantitative estimate of drug-likeness (QED) is 0.639. The maximum Gasteiger partial charge on any atom is 0.269 e. The highest BCUT2D eigenvalue weighted by Crippen LogP contribution is 2.22. The van der Waals surface area contributed by atoms with Crippen LogP contribution in [0.1, 0.15) is 37.7 Å². The number of hydrogen-bond donors (Lipinski definition) is 1. The maximum absolute atomic E-state index is 13.0. The van der Waals surface area contributed by atoms with Gasteiger partial charge in [-0.15, -0.1) is 0 Å². The number of non-ortho nitro benzene ring substituents is 1. The summed E-state index contributed by atoms with van der Waals surface area (Å²) < 4.78 is 0. The van der Waals surface area contributed by atoms with E-state index in [1.165, 1.54) is 18.6 Å². The van der Waals surface area contributed by atoms with Gasteiger partial charge in [0.15, 0.2) is 5.78 Å². The third-order valence-electron chi connectivity index (χ3n) is 5.09. The Kier molecular flexibility index (Phi) is 5.58. The molecule has 2 aliphatic rings. The van der Waals surface area contributed by atoms with Crippen LogP contribution in [0.2, 0.25) is 0 Å². The van der Waals surface area contributed by atoms with Crippen LogP contribution in [0.5, 0.6) is 0 Å². The fourth-order valence-corrected chi connectivity index (χ4v) is 3.94. The Balaban J connectivity index is 1.75. The van der Waals surface area contributed by atoms with Crippen LogP contribution in [0.15, 0.2) is 24.3 Å². The first-order chi connectivity index (χ1) is 11.6. The summed E-state index contributed by atoms with van der Waals surface area (Å²) in [5, 5.41) is 14.5. The molecule has 24 heavy (non-hydrogen) atoms. The molecule has 1 aromatic rings. The van der Waals surface area contributed by atoms with E-state index in [2.05, 4.69) is 10.2 Å². The molecule has 0 aliphatic carbocycles. The number of likely N-dealkylation sites (tertiary alicyclic amines) is 1. The van der Waals surface area contributed by atoms with Crippen molar-refractivity contribution in [1.29, 1.82) is 0 Å². The van der Waals surface area contributed by atoms with Gasteiger partial charge in [-0.25, -0.2) is 0 Å². The lowest BCUT2D eigenvalue weighted by molar-refractivity contribution is -0.384. The molecule has 0 radical (unpaired) electrons. The van der Waals surface area contributed by atoms with Gasteiger partial charge in [-0.2, -0.15) is 0 Å². The number of rotatable bonds is 6. The number of nitro benzene ring substituents is 1. The fourth-order valence-electron chi connectivity index (χ4n) is 3.94. The lowest BCUT2D eigenvalue weighted by Crippen LogP contribution is -2.55. The van der Waals surface area contributed by atoms with Gasteiger partial charge < -0.3 is 5.32 Å². The Morgan fingerprint density at radius 2 is 2.08 bits per heavy atom. The van der Waals surface area contributed by atoms with Crippen LogP contribution < -0.4 is 5.32 Å². The maximum atomic E-state index is 13.0. The summed E-state index contributed by atoms with van der Waals surface area (Å²) in [5.74, 6) is 0.178. The zero-order valence-electron chi connectivity index (χ0n) is 13.9. The molecule has 1 N–H and O–H groups in total. The number of Topliss-reactive ketones (excluding diaryl/α,β-unsaturated/α-hetero) is 1. The zero-order chi connectivity index (χ0) is 16.9. The summed E-state index contributed by atoms with van der Waals surface area (Å²) in [4.78, 5) is 25.9. The summed E-state index contributed by atoms with van der Waals surface area (Å²) in [6, 6.07) is 6.56. The highest BCUT2D eigenvalue weighted by Gasteiger charge is 2.35. The normalized spacial score (nSPS) is 23.1. The summed E-state index contributed by atoms with van der Waals surface area (Å²) >= 11 is 0. The van der Waals surface area contributed by atoms with E-state index in [9.17, 15) is 14.9 Å². The molecule has 130 valence electrons. The van der Waals surface area contributed by atoms with Crippen molar-refractivity contribution in [2.75, 3.05) is 19.6 Å². The van der Waals surface area contributed by atoms with E-state index < -0.39 is 4.92 Å². The van der Waals surface area contributed by atoms with Gasteiger partial charge >= 0.3 is 0 Å². The number of hydrogen-bond acceptors (Lipinski definition) is 5. The average molecular weight is 331 g/mol. The molecule has 0 amide bonds. The molecule has 2 atom stereocenters. The molecule has 6 nitrogen and oxygen atoms in total. The van der Waals surface area contributed by atoms with E-state index in [1.807, 2.05) is 0 Å². The monoisotopic (exact) mass is 331 g/mol. The van der Waals surface area contributed by atoms with E-state index in [4.69, 9.17) is 0 Å². The van der Waals surface area contributed by atoms with Crippen LogP contribution in [0.3, 0.4) is 0 Å². The highest BCUT2D eigenvalue weighted by molar-refractivity contribution is 5.87. The third kappa shape index (κ3) is 3.99. The first-order valence-electron chi connectivity index (χ1n) is 8.88. The molecule has 0 bridgehead atoms. The van der Waals surface area contributed by atoms with E-state index in [1.54, 1.807) is 12.1 Å². The molecule has 2 aliphatic heterocycles. The van der Waals surface area contributed by atoms with Crippen molar-refractivity contribution in [1.82, 2.24) is 10.2 Å². The predicted octanol–water partition coefficient (Wildman–Crippen LogP) is 2.31. The van der Waals surface area contributed by atoms with Crippen LogP contribution in [0.25, 0.3) is 0 Å². The minimum atomic E-state index is -0.408. The molecular weight excluding hydrogens is 306 g/mol. The van der Waals surface area contributed by atoms with Crippen LogP contribution in [0.4, 0.5) is 5.69 Å². The van der Waals surface area contributed by atoms with Crippen molar-refractivity contribution in [3.05, 3.63) is 39.9 Å². The molecule has 0 saturated carbocycles. The molecule has 6 heteroatoms. The Hall–Kier alpha value is -1.79. The molecule has 3 rings (SSSR count). The lowest BCUT2D eigenvalue weighted by Gasteiger charge is -2.36. The second-order valence-electron chi connectivity index (χ2n) is 6.81. The Morgan fingerprint density at radius 1 is 1.29 bits per heavy atom. The highest BCUT2D eigenvalue weighted by atomic mass is 16.6. The van der Waals surface area contributed by atoms with Gasteiger partial charge in [0.2, 0.25) is 0 Å². The summed E-state index contributed by atoms with van der Waals surface area (Å²) in [5.41, 5.74) is 0.781. The number of carbonyl (C=O) groups is 1. The van der Waals surface area contributed by atoms with E-state index in [-0.39, 0.29) is 30.0 Å². The van der Waals surface area contributed by atoms with Gasteiger partial charge in [-0.1, -0.05) is 18.6 Å². The minimum Gasteiger partial charge on any atom is -0.312 e. The molecule has 2 unspecified atom stereocenters. The molecule has 0 aromatic heterocycles. The van der Waals surface area contributed by atoms with Crippen molar-refractivity contribution in [2.24, 2.45) is 0 Å². The molecule has 2 fully saturated rings. The number of carbonyl (C=O) groups excluding carboxylic acids is 1. The fraction of sp³-hybridized carbons (Fsp3) is 0.611. The SMILES string of the molecule is O=C(Cc1cccc([N+](=O)[O-])c1)C(C1CCCCN1)N1CCCC1. The van der Waals surface area contributed by atoms with E-state index in [0.717, 1.165) is 50.9 Å². The van der Waals surface area contributed by atoms with Gasteiger partial charge in [-0.05, 0) is 50.9 Å². The van der Waals surface area contributed by atoms with Gasteiger partial charge in [0.25, 0.3) is 5.69 Å². The standard InChI is InChI=1S/C18H25N3O3/c22-17(13-14-6-5-7-15(12-14)21(23)24)18(20-10-3-4-11-20)16-8-1-2-9-19-16/h5-7,12,16,18-19H,1-4,8-11,13H2. The van der Waals surface area contributed by atoms with Gasteiger partial charge in [0.05, 0.1) is 11.0 Å². The van der Waals surface area contributed by atoms with Crippen LogP contribution in [0, 0.1) is 10.1 Å². The van der Waals surface area contributed by atoms with Crippen molar-refractivity contribution < 1.29 is 9.72 Å². The first kappa shape index (κ1) is 17.0. The smallest absolute Gasteiger partial charge is 0.269 e. The number of benzene rings is 1. The number of piperidine rings is 1. The number of nitro groups is 1. The molecule has 0 spiro atoms. The largest absolute Gasteiger partial charge is 0.312 e. The summed E-state index contributed by atoms with van der Waals surface area (Å²) in [7, 11) is 0. The second-order valence-corrected chi connectivity index (χ2v) is 6.81.